The Morgan fingerprint density at radius 3 is 2.41 bits per heavy atom. The van der Waals surface area contributed by atoms with Crippen LogP contribution in [0.2, 0.25) is 0 Å². The number of rotatable bonds is 6. The molecule has 0 aliphatic carbocycles. The van der Waals surface area contributed by atoms with Gasteiger partial charge in [-0.15, -0.1) is 0 Å². The normalized spacial score (nSPS) is 12.0. The Morgan fingerprint density at radius 2 is 1.76 bits per heavy atom. The SMILES string of the molecule is CCCn1cc(CN=C(NC(=O)c2ccc(C(C)(C)C)cc2)Nc2cccc(C)c2C)c(C)n1. The molecule has 6 nitrogen and oxygen atoms in total. The highest BCUT2D eigenvalue weighted by molar-refractivity contribution is 6.10. The molecular formula is C28H37N5O. The second-order valence-electron chi connectivity index (χ2n) is 9.82. The molecule has 180 valence electrons. The molecule has 2 aromatic carbocycles. The van der Waals surface area contributed by atoms with Crippen LogP contribution in [0.25, 0.3) is 0 Å². The summed E-state index contributed by atoms with van der Waals surface area (Å²) >= 11 is 0. The van der Waals surface area contributed by atoms with Crippen molar-refractivity contribution in [2.75, 3.05) is 5.32 Å². The van der Waals surface area contributed by atoms with Crippen LogP contribution in [0.1, 0.15) is 72.4 Å². The van der Waals surface area contributed by atoms with E-state index in [0.717, 1.165) is 35.5 Å². The number of hydrogen-bond donors (Lipinski definition) is 2. The molecule has 0 aliphatic rings. The summed E-state index contributed by atoms with van der Waals surface area (Å²) in [6.45, 7) is 16.0. The molecule has 34 heavy (non-hydrogen) atoms. The number of aryl methyl sites for hydroxylation is 3. The van der Waals surface area contributed by atoms with E-state index in [4.69, 9.17) is 4.99 Å². The molecule has 2 N–H and O–H groups in total. The second kappa shape index (κ2) is 10.7. The molecule has 0 saturated carbocycles. The van der Waals surface area contributed by atoms with Gasteiger partial charge in [0.25, 0.3) is 5.91 Å². The minimum Gasteiger partial charge on any atom is -0.326 e. The van der Waals surface area contributed by atoms with Gasteiger partial charge in [-0.1, -0.05) is 52.0 Å². The van der Waals surface area contributed by atoms with Crippen LogP contribution in [-0.4, -0.2) is 21.6 Å². The predicted molar refractivity (Wildman–Crippen MR) is 141 cm³/mol. The molecule has 1 heterocycles. The fourth-order valence-corrected chi connectivity index (χ4v) is 3.65. The van der Waals surface area contributed by atoms with Crippen LogP contribution in [-0.2, 0) is 18.5 Å². The fraction of sp³-hybridized carbons (Fsp3) is 0.393. The van der Waals surface area contributed by atoms with Crippen LogP contribution in [0.3, 0.4) is 0 Å². The highest BCUT2D eigenvalue weighted by Gasteiger charge is 2.16. The fourth-order valence-electron chi connectivity index (χ4n) is 3.65. The first-order chi connectivity index (χ1) is 16.1. The molecule has 0 spiro atoms. The highest BCUT2D eigenvalue weighted by Crippen LogP contribution is 2.22. The molecule has 1 aromatic heterocycles. The molecule has 0 aliphatic heterocycles. The van der Waals surface area contributed by atoms with Gasteiger partial charge in [0.05, 0.1) is 12.2 Å². The smallest absolute Gasteiger partial charge is 0.257 e. The largest absolute Gasteiger partial charge is 0.326 e. The van der Waals surface area contributed by atoms with Gasteiger partial charge < -0.3 is 5.32 Å². The zero-order valence-corrected chi connectivity index (χ0v) is 21.5. The van der Waals surface area contributed by atoms with E-state index in [9.17, 15) is 4.79 Å². The molecule has 0 bridgehead atoms. The summed E-state index contributed by atoms with van der Waals surface area (Å²) in [6.07, 6.45) is 3.05. The molecule has 3 aromatic rings. The van der Waals surface area contributed by atoms with Crippen LogP contribution in [0.15, 0.2) is 53.7 Å². The molecule has 3 rings (SSSR count). The minimum atomic E-state index is -0.199. The highest BCUT2D eigenvalue weighted by atomic mass is 16.1. The van der Waals surface area contributed by atoms with Gasteiger partial charge in [-0.3, -0.25) is 14.8 Å². The third kappa shape index (κ3) is 6.34. The van der Waals surface area contributed by atoms with Crippen molar-refractivity contribution in [1.82, 2.24) is 15.1 Å². The van der Waals surface area contributed by atoms with Gasteiger partial charge in [-0.2, -0.15) is 5.10 Å². The van der Waals surface area contributed by atoms with Gasteiger partial charge in [0.15, 0.2) is 0 Å². The number of nitrogens with zero attached hydrogens (tertiary/aromatic N) is 3. The van der Waals surface area contributed by atoms with Crippen LogP contribution >= 0.6 is 0 Å². The Morgan fingerprint density at radius 1 is 1.06 bits per heavy atom. The van der Waals surface area contributed by atoms with E-state index in [-0.39, 0.29) is 11.3 Å². The molecule has 0 fully saturated rings. The summed E-state index contributed by atoms with van der Waals surface area (Å²) in [5.74, 6) is 0.219. The lowest BCUT2D eigenvalue weighted by Gasteiger charge is -2.19. The van der Waals surface area contributed by atoms with Gasteiger partial charge >= 0.3 is 0 Å². The summed E-state index contributed by atoms with van der Waals surface area (Å²) in [5, 5.41) is 10.9. The number of aliphatic imine (C=N–C) groups is 1. The van der Waals surface area contributed by atoms with Gasteiger partial charge in [0.2, 0.25) is 5.96 Å². The summed E-state index contributed by atoms with van der Waals surface area (Å²) in [6, 6.07) is 13.8. The van der Waals surface area contributed by atoms with Crippen molar-refractivity contribution in [3.8, 4) is 0 Å². The Labute approximate surface area is 203 Å². The number of guanidine groups is 1. The maximum Gasteiger partial charge on any atom is 0.257 e. The van der Waals surface area contributed by atoms with Crippen molar-refractivity contribution in [2.24, 2.45) is 4.99 Å². The number of carbonyl (C=O) groups excluding carboxylic acids is 1. The van der Waals surface area contributed by atoms with Crippen molar-refractivity contribution >= 4 is 17.6 Å². The van der Waals surface area contributed by atoms with Crippen molar-refractivity contribution in [3.05, 3.63) is 82.2 Å². The first-order valence-corrected chi connectivity index (χ1v) is 11.9. The topological polar surface area (TPSA) is 71.3 Å². The van der Waals surface area contributed by atoms with E-state index < -0.39 is 0 Å². The molecule has 0 unspecified atom stereocenters. The summed E-state index contributed by atoms with van der Waals surface area (Å²) in [5.41, 5.74) is 7.01. The molecule has 0 atom stereocenters. The van der Waals surface area contributed by atoms with E-state index >= 15 is 0 Å². The quantitative estimate of drug-likeness (QED) is 0.355. The molecule has 0 saturated heterocycles. The number of aromatic nitrogens is 2. The van der Waals surface area contributed by atoms with E-state index in [2.05, 4.69) is 63.3 Å². The maximum absolute atomic E-state index is 13.1. The summed E-state index contributed by atoms with van der Waals surface area (Å²) in [7, 11) is 0. The average molecular weight is 460 g/mol. The van der Waals surface area contributed by atoms with Gasteiger partial charge in [-0.05, 0) is 67.5 Å². The number of anilines is 1. The first-order valence-electron chi connectivity index (χ1n) is 11.9. The van der Waals surface area contributed by atoms with Crippen molar-refractivity contribution in [2.45, 2.75) is 73.4 Å². The van der Waals surface area contributed by atoms with E-state index in [0.29, 0.717) is 18.1 Å². The van der Waals surface area contributed by atoms with E-state index in [1.54, 1.807) is 0 Å². The van der Waals surface area contributed by atoms with Crippen molar-refractivity contribution in [1.29, 1.82) is 0 Å². The Hall–Kier alpha value is -3.41. The van der Waals surface area contributed by atoms with E-state index in [1.165, 1.54) is 11.1 Å². The zero-order valence-electron chi connectivity index (χ0n) is 21.5. The number of hydrogen-bond acceptors (Lipinski definition) is 3. The number of carbonyl (C=O) groups is 1. The molecular weight excluding hydrogens is 422 g/mol. The van der Waals surface area contributed by atoms with Gasteiger partial charge in [-0.25, -0.2) is 4.99 Å². The minimum absolute atomic E-state index is 0.0337. The lowest BCUT2D eigenvalue weighted by atomic mass is 9.87. The predicted octanol–water partition coefficient (Wildman–Crippen LogP) is 5.91. The monoisotopic (exact) mass is 459 g/mol. The van der Waals surface area contributed by atoms with Gasteiger partial charge in [0, 0.05) is 29.6 Å². The Kier molecular flexibility index (Phi) is 7.92. The van der Waals surface area contributed by atoms with Crippen LogP contribution in [0.5, 0.6) is 0 Å². The third-order valence-corrected chi connectivity index (χ3v) is 6.01. The van der Waals surface area contributed by atoms with Crippen LogP contribution in [0.4, 0.5) is 5.69 Å². The lowest BCUT2D eigenvalue weighted by molar-refractivity contribution is 0.0977. The number of benzene rings is 2. The first kappa shape index (κ1) is 25.2. The lowest BCUT2D eigenvalue weighted by Crippen LogP contribution is -2.36. The van der Waals surface area contributed by atoms with Crippen molar-refractivity contribution < 1.29 is 4.79 Å². The third-order valence-electron chi connectivity index (χ3n) is 6.01. The van der Waals surface area contributed by atoms with Crippen LogP contribution in [0, 0.1) is 20.8 Å². The zero-order chi connectivity index (χ0) is 24.9. The number of nitrogens with one attached hydrogen (secondary N) is 2. The Balaban J connectivity index is 1.85. The summed E-state index contributed by atoms with van der Waals surface area (Å²) < 4.78 is 1.95. The molecule has 1 amide bonds. The van der Waals surface area contributed by atoms with Crippen LogP contribution < -0.4 is 10.6 Å². The maximum atomic E-state index is 13.1. The average Bonchev–Trinajstić information content (AvgIpc) is 3.13. The molecule has 6 heteroatoms. The second-order valence-corrected chi connectivity index (χ2v) is 9.82. The standard InChI is InChI=1S/C28H37N5O/c1-8-16-33-18-23(21(4)32-33)17-29-27(30-25-11-9-10-19(2)20(25)3)31-26(34)22-12-14-24(15-13-22)28(5,6)7/h9-15,18H,8,16-17H2,1-7H3,(H2,29,30,31,34). The summed E-state index contributed by atoms with van der Waals surface area (Å²) in [4.78, 5) is 17.8. The van der Waals surface area contributed by atoms with Gasteiger partial charge in [0.1, 0.15) is 0 Å². The van der Waals surface area contributed by atoms with Crippen molar-refractivity contribution in [3.63, 3.8) is 0 Å². The number of amides is 1. The molecule has 0 radical (unpaired) electrons. The van der Waals surface area contributed by atoms with E-state index in [1.807, 2.05) is 54.2 Å². The Bertz CT molecular complexity index is 1170.